The highest BCUT2D eigenvalue weighted by molar-refractivity contribution is 6.62. The van der Waals surface area contributed by atoms with Crippen molar-refractivity contribution >= 4 is 24.2 Å². The molecule has 0 atom stereocenters. The van der Waals surface area contributed by atoms with Crippen molar-refractivity contribution < 1.29 is 14.1 Å². The molecule has 3 aliphatic heterocycles. The summed E-state index contributed by atoms with van der Waals surface area (Å²) in [6.07, 6.45) is 0.677. The highest BCUT2D eigenvalue weighted by Crippen LogP contribution is 2.42. The Kier molecular flexibility index (Phi) is 3.55. The van der Waals surface area contributed by atoms with Gasteiger partial charge in [0.05, 0.1) is 11.2 Å². The molecular formula is C19H27BN2O3. The first-order valence-corrected chi connectivity index (χ1v) is 9.05. The van der Waals surface area contributed by atoms with Crippen molar-refractivity contribution in [1.29, 1.82) is 0 Å². The summed E-state index contributed by atoms with van der Waals surface area (Å²) in [5.74, 6) is 0.269. The number of hydrogen-bond donors (Lipinski definition) is 0. The average Bonchev–Trinajstić information content (AvgIpc) is 2.91. The van der Waals surface area contributed by atoms with E-state index in [0.29, 0.717) is 6.42 Å². The minimum atomic E-state index is -0.334. The SMILES string of the molecule is CN1CC2(CC1=O)CN(c1cccc(B3OC(C)(C)C(C)(C)O3)c1)C2. The molecule has 0 unspecified atom stereocenters. The number of anilines is 1. The molecule has 0 N–H and O–H groups in total. The number of likely N-dealkylation sites (tertiary alicyclic amines) is 1. The molecule has 3 aliphatic rings. The van der Waals surface area contributed by atoms with Gasteiger partial charge in [0, 0.05) is 44.2 Å². The third kappa shape index (κ3) is 2.66. The van der Waals surface area contributed by atoms with Crippen molar-refractivity contribution in [2.45, 2.75) is 45.3 Å². The lowest BCUT2D eigenvalue weighted by Crippen LogP contribution is -2.57. The van der Waals surface area contributed by atoms with Gasteiger partial charge in [-0.05, 0) is 45.3 Å². The topological polar surface area (TPSA) is 42.0 Å². The molecule has 3 heterocycles. The predicted octanol–water partition coefficient (Wildman–Crippen LogP) is 1.65. The molecule has 3 fully saturated rings. The lowest BCUT2D eigenvalue weighted by atomic mass is 9.76. The van der Waals surface area contributed by atoms with Gasteiger partial charge in [0.1, 0.15) is 0 Å². The molecule has 4 rings (SSSR count). The van der Waals surface area contributed by atoms with Crippen molar-refractivity contribution in [3.05, 3.63) is 24.3 Å². The zero-order chi connectivity index (χ0) is 18.0. The van der Waals surface area contributed by atoms with E-state index in [4.69, 9.17) is 9.31 Å². The summed E-state index contributed by atoms with van der Waals surface area (Å²) in [4.78, 5) is 16.1. The minimum absolute atomic E-state index is 0.145. The summed E-state index contributed by atoms with van der Waals surface area (Å²) in [7, 11) is 1.57. The van der Waals surface area contributed by atoms with E-state index in [2.05, 4.69) is 56.9 Å². The first kappa shape index (κ1) is 16.9. The summed E-state index contributed by atoms with van der Waals surface area (Å²) in [6, 6.07) is 8.41. The van der Waals surface area contributed by atoms with Gasteiger partial charge in [0.2, 0.25) is 5.91 Å². The molecule has 1 amide bonds. The van der Waals surface area contributed by atoms with Crippen molar-refractivity contribution in [1.82, 2.24) is 4.90 Å². The fraction of sp³-hybridized carbons (Fsp3) is 0.632. The zero-order valence-corrected chi connectivity index (χ0v) is 15.8. The second-order valence-electron chi connectivity index (χ2n) is 8.97. The molecule has 134 valence electrons. The van der Waals surface area contributed by atoms with Gasteiger partial charge in [-0.15, -0.1) is 0 Å². The monoisotopic (exact) mass is 342 g/mol. The number of benzene rings is 1. The quantitative estimate of drug-likeness (QED) is 0.767. The standard InChI is InChI=1S/C19H27BN2O3/c1-17(2)18(3,4)25-20(24-17)14-7-6-8-15(9-14)22-12-19(13-22)10-16(23)21(5)11-19/h6-9H,10-13H2,1-5H3. The number of nitrogens with zero attached hydrogens (tertiary/aromatic N) is 2. The minimum Gasteiger partial charge on any atom is -0.399 e. The maximum Gasteiger partial charge on any atom is 0.494 e. The van der Waals surface area contributed by atoms with Crippen LogP contribution in [0.4, 0.5) is 5.69 Å². The lowest BCUT2D eigenvalue weighted by Gasteiger charge is -2.49. The van der Waals surface area contributed by atoms with E-state index in [9.17, 15) is 4.79 Å². The second-order valence-corrected chi connectivity index (χ2v) is 8.97. The van der Waals surface area contributed by atoms with Gasteiger partial charge in [0.25, 0.3) is 0 Å². The van der Waals surface area contributed by atoms with Crippen molar-refractivity contribution in [2.24, 2.45) is 5.41 Å². The zero-order valence-electron chi connectivity index (χ0n) is 15.8. The Labute approximate surface area is 150 Å². The van der Waals surface area contributed by atoms with E-state index in [1.54, 1.807) is 0 Å². The van der Waals surface area contributed by atoms with E-state index in [0.717, 1.165) is 25.1 Å². The number of rotatable bonds is 2. The molecule has 25 heavy (non-hydrogen) atoms. The molecule has 1 aromatic rings. The van der Waals surface area contributed by atoms with E-state index in [1.165, 1.54) is 5.69 Å². The molecule has 6 heteroatoms. The molecule has 1 spiro atoms. The summed E-state index contributed by atoms with van der Waals surface area (Å²) >= 11 is 0. The summed E-state index contributed by atoms with van der Waals surface area (Å²) < 4.78 is 12.3. The summed E-state index contributed by atoms with van der Waals surface area (Å²) in [6.45, 7) is 11.0. The normalized spacial score (nSPS) is 26.4. The van der Waals surface area contributed by atoms with E-state index in [-0.39, 0.29) is 29.6 Å². The van der Waals surface area contributed by atoms with Crippen LogP contribution in [-0.2, 0) is 14.1 Å². The molecular weight excluding hydrogens is 315 g/mol. The second kappa shape index (κ2) is 5.24. The van der Waals surface area contributed by atoms with Crippen LogP contribution in [0.25, 0.3) is 0 Å². The first-order valence-electron chi connectivity index (χ1n) is 9.05. The number of carbonyl (C=O) groups excluding carboxylic acids is 1. The largest absolute Gasteiger partial charge is 0.494 e. The molecule has 0 aromatic heterocycles. The van der Waals surface area contributed by atoms with Gasteiger partial charge in [-0.25, -0.2) is 0 Å². The molecule has 0 radical (unpaired) electrons. The Morgan fingerprint density at radius 3 is 2.24 bits per heavy atom. The summed E-state index contributed by atoms with van der Waals surface area (Å²) in [5, 5.41) is 0. The Bertz CT molecular complexity index is 696. The van der Waals surface area contributed by atoms with Gasteiger partial charge in [-0.1, -0.05) is 12.1 Å². The van der Waals surface area contributed by atoms with Gasteiger partial charge in [-0.2, -0.15) is 0 Å². The number of carbonyl (C=O) groups is 1. The van der Waals surface area contributed by atoms with Gasteiger partial charge >= 0.3 is 7.12 Å². The molecule has 0 aliphatic carbocycles. The Balaban J connectivity index is 1.48. The highest BCUT2D eigenvalue weighted by Gasteiger charge is 2.52. The average molecular weight is 342 g/mol. The van der Waals surface area contributed by atoms with E-state index >= 15 is 0 Å². The molecule has 3 saturated heterocycles. The van der Waals surface area contributed by atoms with Crippen molar-refractivity contribution in [2.75, 3.05) is 31.6 Å². The summed E-state index contributed by atoms with van der Waals surface area (Å²) in [5.41, 5.74) is 1.72. The molecule has 1 aromatic carbocycles. The Morgan fingerprint density at radius 2 is 1.68 bits per heavy atom. The van der Waals surface area contributed by atoms with Gasteiger partial charge < -0.3 is 19.1 Å². The van der Waals surface area contributed by atoms with Gasteiger partial charge in [0.15, 0.2) is 0 Å². The van der Waals surface area contributed by atoms with Crippen LogP contribution in [0.5, 0.6) is 0 Å². The van der Waals surface area contributed by atoms with Gasteiger partial charge in [-0.3, -0.25) is 4.79 Å². The maximum absolute atomic E-state index is 11.8. The van der Waals surface area contributed by atoms with Crippen LogP contribution in [0, 0.1) is 5.41 Å². The molecule has 0 bridgehead atoms. The van der Waals surface area contributed by atoms with E-state index in [1.807, 2.05) is 11.9 Å². The van der Waals surface area contributed by atoms with Crippen LogP contribution in [0.1, 0.15) is 34.1 Å². The fourth-order valence-corrected chi connectivity index (χ4v) is 4.11. The third-order valence-electron chi connectivity index (χ3n) is 6.34. The molecule has 0 saturated carbocycles. The predicted molar refractivity (Wildman–Crippen MR) is 99.1 cm³/mol. The Morgan fingerprint density at radius 1 is 1.04 bits per heavy atom. The van der Waals surface area contributed by atoms with Crippen LogP contribution >= 0.6 is 0 Å². The number of hydrogen-bond acceptors (Lipinski definition) is 4. The maximum atomic E-state index is 11.8. The Hall–Kier alpha value is -1.53. The number of amides is 1. The fourth-order valence-electron chi connectivity index (χ4n) is 4.11. The third-order valence-corrected chi connectivity index (χ3v) is 6.34. The van der Waals surface area contributed by atoms with Crippen molar-refractivity contribution in [3.63, 3.8) is 0 Å². The van der Waals surface area contributed by atoms with Crippen LogP contribution < -0.4 is 10.4 Å². The van der Waals surface area contributed by atoms with Crippen LogP contribution in [0.3, 0.4) is 0 Å². The van der Waals surface area contributed by atoms with E-state index < -0.39 is 0 Å². The van der Waals surface area contributed by atoms with Crippen LogP contribution in [-0.4, -0.2) is 55.8 Å². The smallest absolute Gasteiger partial charge is 0.399 e. The highest BCUT2D eigenvalue weighted by atomic mass is 16.7. The van der Waals surface area contributed by atoms with Crippen LogP contribution in [0.15, 0.2) is 24.3 Å². The van der Waals surface area contributed by atoms with Crippen molar-refractivity contribution in [3.8, 4) is 0 Å². The van der Waals surface area contributed by atoms with Crippen LogP contribution in [0.2, 0.25) is 0 Å². The molecule has 5 nitrogen and oxygen atoms in total. The first-order chi connectivity index (χ1) is 11.6. The lowest BCUT2D eigenvalue weighted by molar-refractivity contribution is -0.126.